The molecule has 1 atom stereocenters. The van der Waals surface area contributed by atoms with E-state index in [1.165, 1.54) is 25.7 Å². The van der Waals surface area contributed by atoms with Crippen molar-refractivity contribution in [3.05, 3.63) is 30.1 Å². The first kappa shape index (κ1) is 11.6. The van der Waals surface area contributed by atoms with Crippen LogP contribution in [0.15, 0.2) is 24.4 Å². The average molecular weight is 218 g/mol. The molecule has 1 aromatic heterocycles. The van der Waals surface area contributed by atoms with E-state index in [1.807, 2.05) is 12.3 Å². The van der Waals surface area contributed by atoms with Crippen molar-refractivity contribution in [2.45, 2.75) is 51.6 Å². The molecule has 2 rings (SSSR count). The van der Waals surface area contributed by atoms with Crippen LogP contribution in [0.25, 0.3) is 0 Å². The summed E-state index contributed by atoms with van der Waals surface area (Å²) in [6, 6.07) is 7.19. The van der Waals surface area contributed by atoms with Gasteiger partial charge in [0, 0.05) is 18.3 Å². The first-order chi connectivity index (χ1) is 7.75. The fourth-order valence-electron chi connectivity index (χ4n) is 2.50. The summed E-state index contributed by atoms with van der Waals surface area (Å²) < 4.78 is 0. The molecule has 0 aliphatic heterocycles. The predicted molar refractivity (Wildman–Crippen MR) is 67.2 cm³/mol. The van der Waals surface area contributed by atoms with Gasteiger partial charge >= 0.3 is 0 Å². The van der Waals surface area contributed by atoms with Gasteiger partial charge in [-0.05, 0) is 50.7 Å². The minimum absolute atomic E-state index is 0.375. The number of hydrogen-bond donors (Lipinski definition) is 1. The molecule has 2 heteroatoms. The van der Waals surface area contributed by atoms with E-state index >= 15 is 0 Å². The van der Waals surface area contributed by atoms with Crippen molar-refractivity contribution in [2.75, 3.05) is 0 Å². The van der Waals surface area contributed by atoms with Crippen LogP contribution in [0.4, 0.5) is 0 Å². The van der Waals surface area contributed by atoms with Crippen molar-refractivity contribution in [1.29, 1.82) is 0 Å². The van der Waals surface area contributed by atoms with Crippen molar-refractivity contribution in [3.63, 3.8) is 0 Å². The molecule has 16 heavy (non-hydrogen) atoms. The first-order valence-corrected chi connectivity index (χ1v) is 6.42. The highest BCUT2D eigenvalue weighted by Gasteiger charge is 2.20. The average Bonchev–Trinajstić information content (AvgIpc) is 2.33. The molecule has 0 bridgehead atoms. The lowest BCUT2D eigenvalue weighted by Gasteiger charge is -2.29. The third kappa shape index (κ3) is 3.05. The van der Waals surface area contributed by atoms with Crippen LogP contribution < -0.4 is 5.32 Å². The zero-order valence-corrected chi connectivity index (χ0v) is 10.3. The van der Waals surface area contributed by atoms with Crippen molar-refractivity contribution in [2.24, 2.45) is 5.92 Å². The summed E-state index contributed by atoms with van der Waals surface area (Å²) in [6.45, 7) is 4.57. The van der Waals surface area contributed by atoms with Crippen LogP contribution in [0.5, 0.6) is 0 Å². The van der Waals surface area contributed by atoms with Crippen molar-refractivity contribution in [1.82, 2.24) is 10.3 Å². The molecule has 2 nitrogen and oxygen atoms in total. The number of pyridine rings is 1. The second kappa shape index (κ2) is 5.44. The molecule has 1 aliphatic carbocycles. The molecule has 1 N–H and O–H groups in total. The summed E-state index contributed by atoms with van der Waals surface area (Å²) >= 11 is 0. The minimum Gasteiger partial charge on any atom is -0.306 e. The molecule has 0 spiro atoms. The number of hydrogen-bond acceptors (Lipinski definition) is 2. The molecular weight excluding hydrogens is 196 g/mol. The molecule has 1 saturated carbocycles. The second-order valence-corrected chi connectivity index (χ2v) is 5.10. The molecule has 0 unspecified atom stereocenters. The Labute approximate surface area is 98.5 Å². The van der Waals surface area contributed by atoms with E-state index in [-0.39, 0.29) is 0 Å². The molecule has 88 valence electrons. The van der Waals surface area contributed by atoms with E-state index in [2.05, 4.69) is 36.3 Å². The molecule has 0 radical (unpaired) electrons. The van der Waals surface area contributed by atoms with Crippen LogP contribution >= 0.6 is 0 Å². The number of rotatable bonds is 3. The Kier molecular flexibility index (Phi) is 3.94. The normalized spacial score (nSPS) is 27.6. The smallest absolute Gasteiger partial charge is 0.0570 e. The van der Waals surface area contributed by atoms with Gasteiger partial charge in [0.25, 0.3) is 0 Å². The third-order valence-corrected chi connectivity index (χ3v) is 3.63. The number of aromatic nitrogens is 1. The number of nitrogens with one attached hydrogen (secondary N) is 1. The van der Waals surface area contributed by atoms with E-state index < -0.39 is 0 Å². The van der Waals surface area contributed by atoms with Crippen LogP contribution in [0.2, 0.25) is 0 Å². The Balaban J connectivity index is 1.86. The lowest BCUT2D eigenvalue weighted by molar-refractivity contribution is 0.290. The van der Waals surface area contributed by atoms with Gasteiger partial charge in [0.15, 0.2) is 0 Å². The molecule has 0 saturated heterocycles. The molecule has 1 aliphatic rings. The summed E-state index contributed by atoms with van der Waals surface area (Å²) in [4.78, 5) is 4.40. The molecule has 1 aromatic rings. The van der Waals surface area contributed by atoms with Gasteiger partial charge in [-0.25, -0.2) is 0 Å². The lowest BCUT2D eigenvalue weighted by atomic mass is 9.87. The predicted octanol–water partition coefficient (Wildman–Crippen LogP) is 3.31. The van der Waals surface area contributed by atoms with E-state index in [1.54, 1.807) is 0 Å². The topological polar surface area (TPSA) is 24.9 Å². The zero-order chi connectivity index (χ0) is 11.4. The third-order valence-electron chi connectivity index (χ3n) is 3.63. The van der Waals surface area contributed by atoms with E-state index in [0.29, 0.717) is 12.1 Å². The molecular formula is C14H22N2. The van der Waals surface area contributed by atoms with Gasteiger partial charge < -0.3 is 5.32 Å². The SMILES string of the molecule is CC1CCC(N[C@@H](C)c2ccccn2)CC1. The van der Waals surface area contributed by atoms with Crippen LogP contribution in [-0.4, -0.2) is 11.0 Å². The minimum atomic E-state index is 0.375. The zero-order valence-electron chi connectivity index (χ0n) is 10.3. The monoisotopic (exact) mass is 218 g/mol. The maximum atomic E-state index is 4.40. The highest BCUT2D eigenvalue weighted by molar-refractivity contribution is 5.07. The van der Waals surface area contributed by atoms with Crippen LogP contribution in [0.3, 0.4) is 0 Å². The van der Waals surface area contributed by atoms with Gasteiger partial charge in [-0.2, -0.15) is 0 Å². The fourth-order valence-corrected chi connectivity index (χ4v) is 2.50. The van der Waals surface area contributed by atoms with Crippen LogP contribution in [0.1, 0.15) is 51.3 Å². The van der Waals surface area contributed by atoms with E-state index in [4.69, 9.17) is 0 Å². The summed E-state index contributed by atoms with van der Waals surface area (Å²) in [5, 5.41) is 3.69. The second-order valence-electron chi connectivity index (χ2n) is 5.10. The number of nitrogens with zero attached hydrogens (tertiary/aromatic N) is 1. The summed E-state index contributed by atoms with van der Waals surface area (Å²) in [5.74, 6) is 0.920. The Morgan fingerprint density at radius 1 is 1.25 bits per heavy atom. The molecule has 0 amide bonds. The Morgan fingerprint density at radius 2 is 2.00 bits per heavy atom. The Hall–Kier alpha value is -0.890. The first-order valence-electron chi connectivity index (χ1n) is 6.42. The van der Waals surface area contributed by atoms with Crippen molar-refractivity contribution in [3.8, 4) is 0 Å². The van der Waals surface area contributed by atoms with E-state index in [0.717, 1.165) is 11.6 Å². The Morgan fingerprint density at radius 3 is 2.62 bits per heavy atom. The maximum absolute atomic E-state index is 4.40. The standard InChI is InChI=1S/C14H22N2/c1-11-6-8-13(9-7-11)16-12(2)14-5-3-4-10-15-14/h3-5,10-13,16H,6-9H2,1-2H3/t11?,12-,13?/m0/s1. The van der Waals surface area contributed by atoms with Crippen LogP contribution in [0, 0.1) is 5.92 Å². The maximum Gasteiger partial charge on any atom is 0.0570 e. The summed E-state index contributed by atoms with van der Waals surface area (Å²) in [5.41, 5.74) is 1.15. The molecule has 0 aromatic carbocycles. The van der Waals surface area contributed by atoms with Gasteiger partial charge in [0.05, 0.1) is 5.69 Å². The molecule has 1 fully saturated rings. The quantitative estimate of drug-likeness (QED) is 0.842. The van der Waals surface area contributed by atoms with Crippen LogP contribution in [-0.2, 0) is 0 Å². The summed E-state index contributed by atoms with van der Waals surface area (Å²) in [7, 11) is 0. The lowest BCUT2D eigenvalue weighted by Crippen LogP contribution is -2.34. The van der Waals surface area contributed by atoms with Gasteiger partial charge in [-0.15, -0.1) is 0 Å². The molecule has 1 heterocycles. The van der Waals surface area contributed by atoms with Gasteiger partial charge in [-0.3, -0.25) is 4.98 Å². The largest absolute Gasteiger partial charge is 0.306 e. The summed E-state index contributed by atoms with van der Waals surface area (Å²) in [6.07, 6.45) is 7.24. The Bertz CT molecular complexity index is 302. The van der Waals surface area contributed by atoms with Crippen molar-refractivity contribution >= 4 is 0 Å². The van der Waals surface area contributed by atoms with Gasteiger partial charge in [0.2, 0.25) is 0 Å². The highest BCUT2D eigenvalue weighted by atomic mass is 15.0. The van der Waals surface area contributed by atoms with Crippen molar-refractivity contribution < 1.29 is 0 Å². The highest BCUT2D eigenvalue weighted by Crippen LogP contribution is 2.25. The van der Waals surface area contributed by atoms with E-state index in [9.17, 15) is 0 Å². The van der Waals surface area contributed by atoms with Gasteiger partial charge in [0.1, 0.15) is 0 Å². The fraction of sp³-hybridized carbons (Fsp3) is 0.643. The van der Waals surface area contributed by atoms with Gasteiger partial charge in [-0.1, -0.05) is 13.0 Å².